The third-order valence-electron chi connectivity index (χ3n) is 4.48. The van der Waals surface area contributed by atoms with Crippen molar-refractivity contribution in [1.82, 2.24) is 10.5 Å². The highest BCUT2D eigenvalue weighted by atomic mass is 35.5. The molecule has 1 amide bonds. The van der Waals surface area contributed by atoms with E-state index >= 15 is 0 Å². The Kier molecular flexibility index (Phi) is 5.61. The number of halogens is 2. The summed E-state index contributed by atoms with van der Waals surface area (Å²) in [5.74, 6) is -0.633. The van der Waals surface area contributed by atoms with Crippen LogP contribution >= 0.6 is 11.6 Å². The summed E-state index contributed by atoms with van der Waals surface area (Å²) in [5, 5.41) is 7.05. The molecule has 0 fully saturated rings. The first-order valence-corrected chi connectivity index (χ1v) is 9.08. The van der Waals surface area contributed by atoms with Crippen molar-refractivity contribution >= 4 is 17.5 Å². The highest BCUT2D eigenvalue weighted by Crippen LogP contribution is 2.33. The number of rotatable bonds is 5. The summed E-state index contributed by atoms with van der Waals surface area (Å²) in [4.78, 5) is 13.0. The molecule has 27 heavy (non-hydrogen) atoms. The predicted octanol–water partition coefficient (Wildman–Crippen LogP) is 5.63. The molecule has 3 aromatic rings. The van der Waals surface area contributed by atoms with Crippen LogP contribution in [0, 0.1) is 19.7 Å². The molecule has 1 N–H and O–H groups in total. The molecule has 0 radical (unpaired) electrons. The molecule has 1 atom stereocenters. The molecule has 6 heteroatoms. The van der Waals surface area contributed by atoms with Crippen LogP contribution in [0.25, 0.3) is 11.3 Å². The van der Waals surface area contributed by atoms with Gasteiger partial charge in [-0.25, -0.2) is 4.39 Å². The summed E-state index contributed by atoms with van der Waals surface area (Å²) in [5.41, 5.74) is 2.49. The second kappa shape index (κ2) is 7.92. The zero-order chi connectivity index (χ0) is 19.6. The molecule has 140 valence electrons. The summed E-state index contributed by atoms with van der Waals surface area (Å²) in [6.07, 6.45) is 0.703. The van der Waals surface area contributed by atoms with Gasteiger partial charge in [0.15, 0.2) is 0 Å². The Balaban J connectivity index is 1.96. The zero-order valence-corrected chi connectivity index (χ0v) is 16.1. The second-order valence-electron chi connectivity index (χ2n) is 6.40. The average molecular weight is 387 g/mol. The summed E-state index contributed by atoms with van der Waals surface area (Å²) < 4.78 is 19.5. The molecule has 3 rings (SSSR count). The molecule has 1 aromatic heterocycles. The normalized spacial score (nSPS) is 12.0. The van der Waals surface area contributed by atoms with Crippen LogP contribution in [0.1, 0.15) is 46.6 Å². The molecule has 2 aromatic carbocycles. The Morgan fingerprint density at radius 2 is 1.93 bits per heavy atom. The molecular formula is C21H20ClFN2O2. The van der Waals surface area contributed by atoms with Crippen molar-refractivity contribution < 1.29 is 13.7 Å². The Bertz CT molecular complexity index is 947. The fourth-order valence-electron chi connectivity index (χ4n) is 2.98. The van der Waals surface area contributed by atoms with E-state index in [1.54, 1.807) is 13.0 Å². The summed E-state index contributed by atoms with van der Waals surface area (Å²) in [6, 6.07) is 12.1. The Labute approximate surface area is 162 Å². The van der Waals surface area contributed by atoms with Gasteiger partial charge in [-0.1, -0.05) is 59.6 Å². The largest absolute Gasteiger partial charge is 0.360 e. The first-order chi connectivity index (χ1) is 12.9. The molecular weight excluding hydrogens is 367 g/mol. The number of benzene rings is 2. The van der Waals surface area contributed by atoms with Crippen LogP contribution in [0.2, 0.25) is 5.02 Å². The van der Waals surface area contributed by atoms with Gasteiger partial charge in [-0.3, -0.25) is 4.79 Å². The van der Waals surface area contributed by atoms with E-state index in [1.165, 1.54) is 12.1 Å². The van der Waals surface area contributed by atoms with Crippen molar-refractivity contribution in [1.29, 1.82) is 0 Å². The van der Waals surface area contributed by atoms with Gasteiger partial charge in [-0.15, -0.1) is 0 Å². The number of aryl methyl sites for hydroxylation is 2. The van der Waals surface area contributed by atoms with E-state index in [1.807, 2.05) is 38.1 Å². The number of carbonyl (C=O) groups excluding carboxylic acids is 1. The third kappa shape index (κ3) is 3.88. The van der Waals surface area contributed by atoms with E-state index in [4.69, 9.17) is 16.1 Å². The van der Waals surface area contributed by atoms with Crippen molar-refractivity contribution in [2.24, 2.45) is 0 Å². The van der Waals surface area contributed by atoms with Crippen molar-refractivity contribution in [2.75, 3.05) is 0 Å². The van der Waals surface area contributed by atoms with Gasteiger partial charge >= 0.3 is 0 Å². The van der Waals surface area contributed by atoms with Gasteiger partial charge in [-0.05, 0) is 38.0 Å². The molecule has 0 saturated heterocycles. The summed E-state index contributed by atoms with van der Waals surface area (Å²) >= 11 is 6.14. The van der Waals surface area contributed by atoms with Crippen LogP contribution in [0.5, 0.6) is 0 Å². The number of aromatic nitrogens is 1. The van der Waals surface area contributed by atoms with Crippen molar-refractivity contribution in [3.63, 3.8) is 0 Å². The Morgan fingerprint density at radius 1 is 1.22 bits per heavy atom. The molecule has 0 aliphatic heterocycles. The lowest BCUT2D eigenvalue weighted by atomic mass is 10.0. The number of nitrogens with one attached hydrogen (secondary N) is 1. The molecule has 0 aliphatic rings. The van der Waals surface area contributed by atoms with E-state index in [0.29, 0.717) is 12.2 Å². The summed E-state index contributed by atoms with van der Waals surface area (Å²) in [6.45, 7) is 5.61. The fraction of sp³-hybridized carbons (Fsp3) is 0.238. The Hall–Kier alpha value is -2.66. The van der Waals surface area contributed by atoms with Gasteiger partial charge in [0.05, 0.1) is 16.6 Å². The maximum atomic E-state index is 14.3. The monoisotopic (exact) mass is 386 g/mol. The minimum atomic E-state index is -0.560. The SMILES string of the molecule is CCC(NC(=O)c1c(-c2c(F)cccc2Cl)noc1C)c1ccc(C)cc1. The fourth-order valence-corrected chi connectivity index (χ4v) is 3.24. The molecule has 1 unspecified atom stereocenters. The topological polar surface area (TPSA) is 55.1 Å². The first-order valence-electron chi connectivity index (χ1n) is 8.70. The van der Waals surface area contributed by atoms with Crippen molar-refractivity contribution in [2.45, 2.75) is 33.2 Å². The smallest absolute Gasteiger partial charge is 0.257 e. The van der Waals surface area contributed by atoms with Gasteiger partial charge in [0.25, 0.3) is 5.91 Å². The van der Waals surface area contributed by atoms with Crippen LogP contribution in [0.4, 0.5) is 4.39 Å². The minimum absolute atomic E-state index is 0.0598. The average Bonchev–Trinajstić information content (AvgIpc) is 3.01. The van der Waals surface area contributed by atoms with E-state index in [9.17, 15) is 9.18 Å². The number of amides is 1. The Morgan fingerprint density at radius 3 is 2.56 bits per heavy atom. The highest BCUT2D eigenvalue weighted by molar-refractivity contribution is 6.33. The lowest BCUT2D eigenvalue weighted by molar-refractivity contribution is 0.0934. The zero-order valence-electron chi connectivity index (χ0n) is 15.3. The maximum Gasteiger partial charge on any atom is 0.257 e. The molecule has 1 heterocycles. The van der Waals surface area contributed by atoms with E-state index in [2.05, 4.69) is 10.5 Å². The molecule has 0 saturated carbocycles. The standard InChI is InChI=1S/C21H20ClFN2O2/c1-4-17(14-10-8-12(2)9-11-14)24-21(26)18-13(3)27-25-20(18)19-15(22)6-5-7-16(19)23/h5-11,17H,4H2,1-3H3,(H,24,26). The lowest BCUT2D eigenvalue weighted by Gasteiger charge is -2.18. The van der Waals surface area contributed by atoms with Crippen LogP contribution < -0.4 is 5.32 Å². The lowest BCUT2D eigenvalue weighted by Crippen LogP contribution is -2.28. The van der Waals surface area contributed by atoms with Crippen LogP contribution in [0.15, 0.2) is 47.0 Å². The van der Waals surface area contributed by atoms with Crippen molar-refractivity contribution in [3.05, 3.63) is 75.8 Å². The van der Waals surface area contributed by atoms with E-state index in [0.717, 1.165) is 11.1 Å². The minimum Gasteiger partial charge on any atom is -0.360 e. The molecule has 0 bridgehead atoms. The van der Waals surface area contributed by atoms with Gasteiger partial charge in [0, 0.05) is 0 Å². The van der Waals surface area contributed by atoms with Gasteiger partial charge in [0.1, 0.15) is 22.8 Å². The number of hydrogen-bond acceptors (Lipinski definition) is 3. The van der Waals surface area contributed by atoms with Gasteiger partial charge < -0.3 is 9.84 Å². The third-order valence-corrected chi connectivity index (χ3v) is 4.80. The second-order valence-corrected chi connectivity index (χ2v) is 6.81. The van der Waals surface area contributed by atoms with E-state index < -0.39 is 5.82 Å². The molecule has 0 aliphatic carbocycles. The first kappa shape index (κ1) is 19.1. The van der Waals surface area contributed by atoms with Crippen molar-refractivity contribution in [3.8, 4) is 11.3 Å². The highest BCUT2D eigenvalue weighted by Gasteiger charge is 2.26. The van der Waals surface area contributed by atoms with Crippen LogP contribution in [0.3, 0.4) is 0 Å². The number of nitrogens with zero attached hydrogens (tertiary/aromatic N) is 1. The molecule has 0 spiro atoms. The van der Waals surface area contributed by atoms with Gasteiger partial charge in [0.2, 0.25) is 0 Å². The van der Waals surface area contributed by atoms with E-state index in [-0.39, 0.29) is 33.8 Å². The van der Waals surface area contributed by atoms with Gasteiger partial charge in [-0.2, -0.15) is 0 Å². The number of carbonyl (C=O) groups is 1. The summed E-state index contributed by atoms with van der Waals surface area (Å²) in [7, 11) is 0. The molecule has 4 nitrogen and oxygen atoms in total. The quantitative estimate of drug-likeness (QED) is 0.618. The predicted molar refractivity (Wildman–Crippen MR) is 103 cm³/mol. The maximum absolute atomic E-state index is 14.3. The van der Waals surface area contributed by atoms with Crippen LogP contribution in [-0.4, -0.2) is 11.1 Å². The van der Waals surface area contributed by atoms with Crippen LogP contribution in [-0.2, 0) is 0 Å². The number of hydrogen-bond donors (Lipinski definition) is 1.